The largest absolute Gasteiger partial charge is 0.347 e. The SMILES string of the molecule is CCN(CC)C(=O)CNC(=O)C(C)CCCC(C)N. The van der Waals surface area contributed by atoms with Crippen LogP contribution >= 0.6 is 0 Å². The molecule has 2 atom stereocenters. The molecule has 0 fully saturated rings. The van der Waals surface area contributed by atoms with E-state index in [0.717, 1.165) is 19.3 Å². The maximum atomic E-state index is 11.8. The molecule has 0 aromatic carbocycles. The molecule has 0 aliphatic carbocycles. The Morgan fingerprint density at radius 2 is 1.74 bits per heavy atom. The minimum atomic E-state index is -0.0664. The van der Waals surface area contributed by atoms with Gasteiger partial charge in [-0.2, -0.15) is 0 Å². The summed E-state index contributed by atoms with van der Waals surface area (Å²) in [4.78, 5) is 25.2. The van der Waals surface area contributed by atoms with Crippen LogP contribution in [0.2, 0.25) is 0 Å². The van der Waals surface area contributed by atoms with Gasteiger partial charge in [0.15, 0.2) is 0 Å². The third-order valence-corrected chi connectivity index (χ3v) is 3.27. The topological polar surface area (TPSA) is 75.4 Å². The van der Waals surface area contributed by atoms with Crippen LogP contribution in [0.25, 0.3) is 0 Å². The zero-order chi connectivity index (χ0) is 14.8. The van der Waals surface area contributed by atoms with E-state index in [2.05, 4.69) is 5.32 Å². The molecule has 5 nitrogen and oxygen atoms in total. The van der Waals surface area contributed by atoms with Gasteiger partial charge in [-0.1, -0.05) is 13.3 Å². The fourth-order valence-electron chi connectivity index (χ4n) is 1.90. The first-order valence-electron chi connectivity index (χ1n) is 7.23. The Kier molecular flexibility index (Phi) is 9.21. The number of carbonyl (C=O) groups excluding carboxylic acids is 2. The molecule has 0 aromatic rings. The van der Waals surface area contributed by atoms with Crippen molar-refractivity contribution in [1.82, 2.24) is 10.2 Å². The fraction of sp³-hybridized carbons (Fsp3) is 0.857. The van der Waals surface area contributed by atoms with Crippen LogP contribution in [0.15, 0.2) is 0 Å². The highest BCUT2D eigenvalue weighted by Gasteiger charge is 2.15. The van der Waals surface area contributed by atoms with E-state index in [0.29, 0.717) is 13.1 Å². The minimum Gasteiger partial charge on any atom is -0.347 e. The Balaban J connectivity index is 3.93. The van der Waals surface area contributed by atoms with E-state index in [-0.39, 0.29) is 30.3 Å². The second-order valence-electron chi connectivity index (χ2n) is 5.09. The van der Waals surface area contributed by atoms with Crippen LogP contribution in [0, 0.1) is 5.92 Å². The summed E-state index contributed by atoms with van der Waals surface area (Å²) in [5.41, 5.74) is 5.67. The van der Waals surface area contributed by atoms with Gasteiger partial charge in [0.1, 0.15) is 0 Å². The van der Waals surface area contributed by atoms with Crippen LogP contribution in [-0.2, 0) is 9.59 Å². The van der Waals surface area contributed by atoms with Crippen molar-refractivity contribution in [3.63, 3.8) is 0 Å². The van der Waals surface area contributed by atoms with Gasteiger partial charge >= 0.3 is 0 Å². The number of hydrogen-bond donors (Lipinski definition) is 2. The predicted octanol–water partition coefficient (Wildman–Crippen LogP) is 1.12. The number of nitrogens with zero attached hydrogens (tertiary/aromatic N) is 1. The second-order valence-corrected chi connectivity index (χ2v) is 5.09. The van der Waals surface area contributed by atoms with Crippen molar-refractivity contribution in [2.24, 2.45) is 11.7 Å². The molecular weight excluding hydrogens is 242 g/mol. The molecule has 112 valence electrons. The van der Waals surface area contributed by atoms with E-state index in [1.807, 2.05) is 27.7 Å². The minimum absolute atomic E-state index is 0.0267. The van der Waals surface area contributed by atoms with Gasteiger partial charge in [0, 0.05) is 25.0 Å². The maximum absolute atomic E-state index is 11.8. The Morgan fingerprint density at radius 1 is 1.16 bits per heavy atom. The van der Waals surface area contributed by atoms with Gasteiger partial charge in [0.05, 0.1) is 6.54 Å². The number of nitrogens with two attached hydrogens (primary N) is 1. The van der Waals surface area contributed by atoms with Gasteiger partial charge in [0.25, 0.3) is 0 Å². The lowest BCUT2D eigenvalue weighted by atomic mass is 10.0. The smallest absolute Gasteiger partial charge is 0.241 e. The zero-order valence-corrected chi connectivity index (χ0v) is 12.7. The van der Waals surface area contributed by atoms with E-state index in [1.54, 1.807) is 4.90 Å². The van der Waals surface area contributed by atoms with Crippen molar-refractivity contribution < 1.29 is 9.59 Å². The molecule has 0 rings (SSSR count). The summed E-state index contributed by atoms with van der Waals surface area (Å²) in [6.45, 7) is 9.16. The number of amides is 2. The van der Waals surface area contributed by atoms with Crippen molar-refractivity contribution in [2.75, 3.05) is 19.6 Å². The molecule has 0 aliphatic heterocycles. The lowest BCUT2D eigenvalue weighted by molar-refractivity contribution is -0.133. The van der Waals surface area contributed by atoms with E-state index < -0.39 is 0 Å². The Morgan fingerprint density at radius 3 is 2.21 bits per heavy atom. The standard InChI is InChI=1S/C14H29N3O2/c1-5-17(6-2)13(18)10-16-14(19)11(3)8-7-9-12(4)15/h11-12H,5-10,15H2,1-4H3,(H,16,19). The summed E-state index contributed by atoms with van der Waals surface area (Å²) >= 11 is 0. The molecule has 5 heteroatoms. The average molecular weight is 271 g/mol. The highest BCUT2D eigenvalue weighted by atomic mass is 16.2. The highest BCUT2D eigenvalue weighted by Crippen LogP contribution is 2.08. The normalized spacial score (nSPS) is 13.7. The Hall–Kier alpha value is -1.10. The molecular formula is C14H29N3O2. The van der Waals surface area contributed by atoms with Crippen LogP contribution < -0.4 is 11.1 Å². The highest BCUT2D eigenvalue weighted by molar-refractivity contribution is 5.85. The van der Waals surface area contributed by atoms with Gasteiger partial charge in [-0.3, -0.25) is 9.59 Å². The molecule has 0 bridgehead atoms. The average Bonchev–Trinajstić information content (AvgIpc) is 2.36. The van der Waals surface area contributed by atoms with Crippen molar-refractivity contribution >= 4 is 11.8 Å². The van der Waals surface area contributed by atoms with Crippen molar-refractivity contribution in [1.29, 1.82) is 0 Å². The summed E-state index contributed by atoms with van der Waals surface area (Å²) in [6.07, 6.45) is 2.68. The summed E-state index contributed by atoms with van der Waals surface area (Å²) < 4.78 is 0. The summed E-state index contributed by atoms with van der Waals surface area (Å²) in [5.74, 6) is -0.144. The molecule has 19 heavy (non-hydrogen) atoms. The van der Waals surface area contributed by atoms with Crippen LogP contribution in [0.3, 0.4) is 0 Å². The molecule has 3 N–H and O–H groups in total. The fourth-order valence-corrected chi connectivity index (χ4v) is 1.90. The monoisotopic (exact) mass is 271 g/mol. The van der Waals surface area contributed by atoms with E-state index in [4.69, 9.17) is 5.73 Å². The number of nitrogens with one attached hydrogen (secondary N) is 1. The first-order chi connectivity index (χ1) is 8.92. The van der Waals surface area contributed by atoms with Gasteiger partial charge in [-0.25, -0.2) is 0 Å². The van der Waals surface area contributed by atoms with Gasteiger partial charge < -0.3 is 16.0 Å². The van der Waals surface area contributed by atoms with Crippen molar-refractivity contribution in [2.45, 2.75) is 53.0 Å². The summed E-state index contributed by atoms with van der Waals surface area (Å²) in [7, 11) is 0. The van der Waals surface area contributed by atoms with Crippen molar-refractivity contribution in [3.05, 3.63) is 0 Å². The van der Waals surface area contributed by atoms with E-state index in [9.17, 15) is 9.59 Å². The lowest BCUT2D eigenvalue weighted by Gasteiger charge is -2.19. The van der Waals surface area contributed by atoms with Crippen molar-refractivity contribution in [3.8, 4) is 0 Å². The van der Waals surface area contributed by atoms with Crippen LogP contribution in [-0.4, -0.2) is 42.4 Å². The summed E-state index contributed by atoms with van der Waals surface area (Å²) in [5, 5.41) is 2.71. The molecule has 0 saturated heterocycles. The van der Waals surface area contributed by atoms with Gasteiger partial charge in [0.2, 0.25) is 11.8 Å². The van der Waals surface area contributed by atoms with Gasteiger partial charge in [-0.05, 0) is 33.6 Å². The third-order valence-electron chi connectivity index (χ3n) is 3.27. The molecule has 0 saturated carbocycles. The Bertz CT molecular complexity index is 276. The molecule has 0 aromatic heterocycles. The number of hydrogen-bond acceptors (Lipinski definition) is 3. The first-order valence-corrected chi connectivity index (χ1v) is 7.23. The first kappa shape index (κ1) is 17.9. The predicted molar refractivity (Wildman–Crippen MR) is 77.6 cm³/mol. The van der Waals surface area contributed by atoms with Crippen LogP contribution in [0.5, 0.6) is 0 Å². The molecule has 2 unspecified atom stereocenters. The number of rotatable bonds is 9. The Labute approximate surface area is 116 Å². The number of likely N-dealkylation sites (N-methyl/N-ethyl adjacent to an activating group) is 1. The van der Waals surface area contributed by atoms with E-state index >= 15 is 0 Å². The molecule has 0 heterocycles. The number of carbonyl (C=O) groups is 2. The molecule has 0 aliphatic rings. The van der Waals surface area contributed by atoms with Crippen LogP contribution in [0.4, 0.5) is 0 Å². The lowest BCUT2D eigenvalue weighted by Crippen LogP contribution is -2.41. The molecule has 2 amide bonds. The van der Waals surface area contributed by atoms with Gasteiger partial charge in [-0.15, -0.1) is 0 Å². The van der Waals surface area contributed by atoms with E-state index in [1.165, 1.54) is 0 Å². The molecule has 0 radical (unpaired) electrons. The molecule has 0 spiro atoms. The maximum Gasteiger partial charge on any atom is 0.241 e. The quantitative estimate of drug-likeness (QED) is 0.660. The second kappa shape index (κ2) is 9.78. The summed E-state index contributed by atoms with van der Waals surface area (Å²) in [6, 6.07) is 0.180. The zero-order valence-electron chi connectivity index (χ0n) is 12.7. The van der Waals surface area contributed by atoms with Crippen LogP contribution in [0.1, 0.15) is 47.0 Å². The third kappa shape index (κ3) is 7.82.